The highest BCUT2D eigenvalue weighted by molar-refractivity contribution is 8.02. The second kappa shape index (κ2) is 11.8. The number of aryl methyl sites for hydroxylation is 1. The molecule has 196 valence electrons. The van der Waals surface area contributed by atoms with Gasteiger partial charge in [0.05, 0.1) is 6.07 Å². The number of hydrogen-bond donors (Lipinski definition) is 3. The summed E-state index contributed by atoms with van der Waals surface area (Å²) in [5, 5.41) is 18.1. The molecule has 2 unspecified atom stereocenters. The highest BCUT2D eigenvalue weighted by atomic mass is 32.2. The fraction of sp³-hybridized carbons (Fsp3) is 0.667. The normalized spacial score (nSPS) is 28.1. The van der Waals surface area contributed by atoms with Crippen molar-refractivity contribution in [3.05, 3.63) is 29.8 Å². The smallest absolute Gasteiger partial charge is 0.244 e. The van der Waals surface area contributed by atoms with Gasteiger partial charge < -0.3 is 25.8 Å². The fourth-order valence-electron chi connectivity index (χ4n) is 6.09. The summed E-state index contributed by atoms with van der Waals surface area (Å²) < 4.78 is 0. The lowest BCUT2D eigenvalue weighted by molar-refractivity contribution is -0.146. The van der Waals surface area contributed by atoms with Gasteiger partial charge in [-0.05, 0) is 89.8 Å². The van der Waals surface area contributed by atoms with Gasteiger partial charge in [-0.3, -0.25) is 9.59 Å². The molecule has 0 bridgehead atoms. The van der Waals surface area contributed by atoms with Crippen molar-refractivity contribution < 1.29 is 9.59 Å². The van der Waals surface area contributed by atoms with Crippen molar-refractivity contribution in [3.8, 4) is 6.07 Å². The largest absolute Gasteiger partial charge is 0.383 e. The van der Waals surface area contributed by atoms with Crippen molar-refractivity contribution >= 4 is 29.3 Å². The number of piperidine rings is 1. The summed E-state index contributed by atoms with van der Waals surface area (Å²) in [6, 6.07) is 10.5. The summed E-state index contributed by atoms with van der Waals surface area (Å²) >= 11 is 1.59. The van der Waals surface area contributed by atoms with Crippen molar-refractivity contribution in [1.82, 2.24) is 20.4 Å². The lowest BCUT2D eigenvalue weighted by Crippen LogP contribution is -2.78. The van der Waals surface area contributed by atoms with Gasteiger partial charge in [-0.2, -0.15) is 5.26 Å². The third kappa shape index (κ3) is 5.09. The van der Waals surface area contributed by atoms with Gasteiger partial charge in [0.25, 0.3) is 0 Å². The minimum absolute atomic E-state index is 0.0392. The number of likely N-dealkylation sites (N-methyl/N-ethyl adjacent to an activating group) is 2. The SMILES string of the molecule is CCN1C(=O)C(CNc2cccc(CCCN3CCCCC3)c2)S[C@@]12CCC2(NC)C(=O)NCC#N. The second-order valence-electron chi connectivity index (χ2n) is 10.1. The first kappa shape index (κ1) is 26.8. The maximum Gasteiger partial charge on any atom is 0.244 e. The molecule has 3 aliphatic rings. The van der Waals surface area contributed by atoms with Crippen LogP contribution in [0.25, 0.3) is 0 Å². The molecule has 1 aliphatic carbocycles. The monoisotopic (exact) mass is 512 g/mol. The first-order valence-corrected chi connectivity index (χ1v) is 14.3. The van der Waals surface area contributed by atoms with Gasteiger partial charge in [0.2, 0.25) is 11.8 Å². The van der Waals surface area contributed by atoms with E-state index in [1.165, 1.54) is 37.9 Å². The summed E-state index contributed by atoms with van der Waals surface area (Å²) in [6.45, 7) is 6.62. The van der Waals surface area contributed by atoms with E-state index in [-0.39, 0.29) is 23.6 Å². The summed E-state index contributed by atoms with van der Waals surface area (Å²) in [4.78, 5) is 30.3. The van der Waals surface area contributed by atoms with Crippen LogP contribution in [0.1, 0.15) is 51.0 Å². The fourth-order valence-corrected chi connectivity index (χ4v) is 8.02. The highest BCUT2D eigenvalue weighted by Crippen LogP contribution is 2.59. The number of hydrogen-bond acceptors (Lipinski definition) is 7. The number of nitrogens with zero attached hydrogens (tertiary/aromatic N) is 3. The Morgan fingerprint density at radius 3 is 2.72 bits per heavy atom. The van der Waals surface area contributed by atoms with Crippen molar-refractivity contribution in [2.24, 2.45) is 0 Å². The van der Waals surface area contributed by atoms with Gasteiger partial charge in [0.15, 0.2) is 0 Å². The average molecular weight is 513 g/mol. The molecule has 8 nitrogen and oxygen atoms in total. The van der Waals surface area contributed by atoms with E-state index in [0.717, 1.165) is 31.5 Å². The molecule has 4 rings (SSSR count). The number of benzene rings is 1. The number of nitrogens with one attached hydrogen (secondary N) is 3. The molecule has 3 fully saturated rings. The molecule has 2 heterocycles. The Hall–Kier alpha value is -2.28. The summed E-state index contributed by atoms with van der Waals surface area (Å²) in [7, 11) is 1.77. The minimum atomic E-state index is -0.886. The number of thioether (sulfide) groups is 1. The second-order valence-corrected chi connectivity index (χ2v) is 11.5. The average Bonchev–Trinajstić information content (AvgIpc) is 3.20. The van der Waals surface area contributed by atoms with Crippen molar-refractivity contribution in [2.45, 2.75) is 67.5 Å². The van der Waals surface area contributed by atoms with Gasteiger partial charge in [0.1, 0.15) is 22.2 Å². The molecule has 9 heteroatoms. The van der Waals surface area contributed by atoms with Gasteiger partial charge in [-0.15, -0.1) is 11.8 Å². The Morgan fingerprint density at radius 1 is 1.25 bits per heavy atom. The van der Waals surface area contributed by atoms with E-state index in [4.69, 9.17) is 5.26 Å². The van der Waals surface area contributed by atoms with Crippen LogP contribution in [0, 0.1) is 11.3 Å². The minimum Gasteiger partial charge on any atom is -0.383 e. The lowest BCUT2D eigenvalue weighted by atomic mass is 9.69. The number of amides is 2. The number of rotatable bonds is 11. The Labute approximate surface area is 219 Å². The molecule has 3 atom stereocenters. The molecule has 1 spiro atoms. The zero-order valence-corrected chi connectivity index (χ0v) is 22.5. The Morgan fingerprint density at radius 2 is 2.06 bits per heavy atom. The van der Waals surface area contributed by atoms with Crippen LogP contribution in [-0.2, 0) is 16.0 Å². The van der Waals surface area contributed by atoms with E-state index < -0.39 is 10.4 Å². The highest BCUT2D eigenvalue weighted by Gasteiger charge is 2.71. The van der Waals surface area contributed by atoms with E-state index in [2.05, 4.69) is 45.1 Å². The van der Waals surface area contributed by atoms with Crippen molar-refractivity contribution in [2.75, 3.05) is 51.6 Å². The molecule has 0 aromatic heterocycles. The van der Waals surface area contributed by atoms with Gasteiger partial charge in [-0.25, -0.2) is 0 Å². The molecule has 1 saturated carbocycles. The summed E-state index contributed by atoms with van der Waals surface area (Å²) in [5.41, 5.74) is 1.46. The topological polar surface area (TPSA) is 100 Å². The third-order valence-electron chi connectivity index (χ3n) is 8.09. The maximum absolute atomic E-state index is 13.4. The molecule has 1 aromatic carbocycles. The quantitative estimate of drug-likeness (QED) is 0.392. The predicted molar refractivity (Wildman–Crippen MR) is 145 cm³/mol. The van der Waals surface area contributed by atoms with E-state index in [1.54, 1.807) is 18.8 Å². The first-order valence-electron chi connectivity index (χ1n) is 13.4. The maximum atomic E-state index is 13.4. The number of carbonyl (C=O) groups is 2. The van der Waals surface area contributed by atoms with Crippen LogP contribution in [0.3, 0.4) is 0 Å². The number of anilines is 1. The summed E-state index contributed by atoms with van der Waals surface area (Å²) in [5.74, 6) is -0.137. The van der Waals surface area contributed by atoms with Crippen LogP contribution in [0.15, 0.2) is 24.3 Å². The Kier molecular flexibility index (Phi) is 8.81. The standard InChI is InChI=1S/C27H40N6O2S/c1-3-33-24(34)23(36-27(33)13-12-26(27,29-2)25(35)30-15-14-28)20-31-22-11-7-9-21(19-22)10-8-18-32-16-5-4-6-17-32/h7,9,11,19,23,29,31H,3-6,8,10,12-13,15-18,20H2,1-2H3,(H,30,35)/t23?,26?,27-/m1/s1. The molecule has 0 radical (unpaired) electrons. The number of nitriles is 1. The number of likely N-dealkylation sites (tertiary alicyclic amines) is 1. The molecule has 3 N–H and O–H groups in total. The van der Waals surface area contributed by atoms with E-state index in [0.29, 0.717) is 19.5 Å². The van der Waals surface area contributed by atoms with Crippen LogP contribution in [0.4, 0.5) is 5.69 Å². The van der Waals surface area contributed by atoms with E-state index in [1.807, 2.05) is 17.9 Å². The van der Waals surface area contributed by atoms with E-state index >= 15 is 0 Å². The zero-order chi connectivity index (χ0) is 25.6. The molecular weight excluding hydrogens is 472 g/mol. The first-order chi connectivity index (χ1) is 17.5. The molecule has 1 aromatic rings. The lowest BCUT2D eigenvalue weighted by Gasteiger charge is -2.58. The predicted octanol–water partition coefficient (Wildman–Crippen LogP) is 2.57. The van der Waals surface area contributed by atoms with Crippen molar-refractivity contribution in [3.63, 3.8) is 0 Å². The van der Waals surface area contributed by atoms with Gasteiger partial charge in [-0.1, -0.05) is 18.6 Å². The molecule has 2 amide bonds. The van der Waals surface area contributed by atoms with Crippen LogP contribution >= 0.6 is 11.8 Å². The molecule has 36 heavy (non-hydrogen) atoms. The Bertz CT molecular complexity index is 973. The van der Waals surface area contributed by atoms with Gasteiger partial charge >= 0.3 is 0 Å². The number of carbonyl (C=O) groups excluding carboxylic acids is 2. The van der Waals surface area contributed by atoms with Crippen LogP contribution in [-0.4, -0.2) is 83.6 Å². The zero-order valence-electron chi connectivity index (χ0n) is 21.6. The third-order valence-corrected chi connectivity index (χ3v) is 9.90. The van der Waals surface area contributed by atoms with Crippen molar-refractivity contribution in [1.29, 1.82) is 5.26 Å². The van der Waals surface area contributed by atoms with Crippen LogP contribution in [0.5, 0.6) is 0 Å². The molecular formula is C27H40N6O2S. The summed E-state index contributed by atoms with van der Waals surface area (Å²) in [6.07, 6.45) is 7.63. The van der Waals surface area contributed by atoms with Crippen LogP contribution in [0.2, 0.25) is 0 Å². The Balaban J connectivity index is 1.37. The van der Waals surface area contributed by atoms with Crippen LogP contribution < -0.4 is 16.0 Å². The molecule has 2 saturated heterocycles. The van der Waals surface area contributed by atoms with Gasteiger partial charge in [0, 0.05) is 18.8 Å². The molecule has 2 aliphatic heterocycles. The van der Waals surface area contributed by atoms with E-state index in [9.17, 15) is 9.59 Å².